The minimum absolute atomic E-state index is 0.00479. The zero-order chi connectivity index (χ0) is 10.3. The first-order chi connectivity index (χ1) is 6.58. The van der Waals surface area contributed by atoms with Crippen LogP contribution in [-0.2, 0) is 0 Å². The fourth-order valence-electron chi connectivity index (χ4n) is 1.06. The van der Waals surface area contributed by atoms with Crippen LogP contribution in [0, 0.1) is 5.82 Å². The number of hydrogen-bond acceptors (Lipinski definition) is 2. The van der Waals surface area contributed by atoms with Crippen LogP contribution in [0.15, 0.2) is 12.1 Å². The van der Waals surface area contributed by atoms with Crippen molar-refractivity contribution in [3.8, 4) is 0 Å². The average molecular weight is 251 g/mol. The summed E-state index contributed by atoms with van der Waals surface area (Å²) in [6, 6.07) is 2.53. The minimum atomic E-state index is -0.563. The van der Waals surface area contributed by atoms with Crippen LogP contribution in [-0.4, -0.2) is 9.97 Å². The van der Waals surface area contributed by atoms with E-state index in [4.69, 9.17) is 34.8 Å². The molecule has 0 radical (unpaired) electrons. The summed E-state index contributed by atoms with van der Waals surface area (Å²) in [6.07, 6.45) is 0. The smallest absolute Gasteiger partial charge is 0.218 e. The maximum absolute atomic E-state index is 13.1. The first-order valence-corrected chi connectivity index (χ1v) is 4.69. The fraction of sp³-hybridized carbons (Fsp3) is 0. The van der Waals surface area contributed by atoms with Crippen LogP contribution >= 0.6 is 34.8 Å². The zero-order valence-corrected chi connectivity index (χ0v) is 8.83. The van der Waals surface area contributed by atoms with Gasteiger partial charge >= 0.3 is 0 Å². The highest BCUT2D eigenvalue weighted by molar-refractivity contribution is 6.36. The lowest BCUT2D eigenvalue weighted by molar-refractivity contribution is 0.630. The Balaban J connectivity index is 2.89. The lowest BCUT2D eigenvalue weighted by atomic mass is 10.2. The molecule has 2 aromatic rings. The molecule has 2 rings (SSSR count). The summed E-state index contributed by atoms with van der Waals surface area (Å²) in [5.74, 6) is -0.563. The molecule has 1 heterocycles. The molecular formula is C8H2Cl3FN2. The Morgan fingerprint density at radius 3 is 2.50 bits per heavy atom. The van der Waals surface area contributed by atoms with E-state index >= 15 is 0 Å². The topological polar surface area (TPSA) is 25.8 Å². The van der Waals surface area contributed by atoms with Crippen LogP contribution in [0.2, 0.25) is 15.5 Å². The van der Waals surface area contributed by atoms with Gasteiger partial charge in [0.2, 0.25) is 5.28 Å². The molecule has 1 aromatic heterocycles. The SMILES string of the molecule is Fc1cc2c(Cl)nc(Cl)nc2cc1Cl. The van der Waals surface area contributed by atoms with Gasteiger partial charge in [0.25, 0.3) is 0 Å². The Morgan fingerprint density at radius 2 is 1.79 bits per heavy atom. The van der Waals surface area contributed by atoms with Crippen LogP contribution in [0.5, 0.6) is 0 Å². The van der Waals surface area contributed by atoms with Gasteiger partial charge in [0.15, 0.2) is 0 Å². The first kappa shape index (κ1) is 9.90. The van der Waals surface area contributed by atoms with Gasteiger partial charge in [-0.2, -0.15) is 0 Å². The molecule has 0 atom stereocenters. The van der Waals surface area contributed by atoms with E-state index in [9.17, 15) is 4.39 Å². The Bertz CT molecular complexity index is 515. The van der Waals surface area contributed by atoms with E-state index in [0.717, 1.165) is 0 Å². The van der Waals surface area contributed by atoms with Crippen molar-refractivity contribution in [3.63, 3.8) is 0 Å². The minimum Gasteiger partial charge on any atom is -0.218 e. The van der Waals surface area contributed by atoms with Gasteiger partial charge in [-0.25, -0.2) is 14.4 Å². The highest BCUT2D eigenvalue weighted by atomic mass is 35.5. The summed E-state index contributed by atoms with van der Waals surface area (Å²) in [7, 11) is 0. The summed E-state index contributed by atoms with van der Waals surface area (Å²) >= 11 is 16.9. The van der Waals surface area contributed by atoms with E-state index in [0.29, 0.717) is 10.9 Å². The van der Waals surface area contributed by atoms with Gasteiger partial charge in [-0.05, 0) is 23.7 Å². The van der Waals surface area contributed by atoms with Gasteiger partial charge in [0.05, 0.1) is 10.5 Å². The van der Waals surface area contributed by atoms with Crippen molar-refractivity contribution in [1.29, 1.82) is 0 Å². The molecule has 0 N–H and O–H groups in total. The number of rotatable bonds is 0. The van der Waals surface area contributed by atoms with Gasteiger partial charge in [0.1, 0.15) is 11.0 Å². The van der Waals surface area contributed by atoms with Crippen LogP contribution < -0.4 is 0 Å². The molecule has 0 saturated heterocycles. The van der Waals surface area contributed by atoms with Gasteiger partial charge in [-0.1, -0.05) is 23.2 Å². The summed E-state index contributed by atoms with van der Waals surface area (Å²) < 4.78 is 13.1. The van der Waals surface area contributed by atoms with Gasteiger partial charge < -0.3 is 0 Å². The summed E-state index contributed by atoms with van der Waals surface area (Å²) in [5.41, 5.74) is 0.418. The van der Waals surface area contributed by atoms with E-state index in [2.05, 4.69) is 9.97 Å². The average Bonchev–Trinajstić information content (AvgIpc) is 2.08. The molecule has 0 bridgehead atoms. The standard InChI is InChI=1S/C8H2Cl3FN2/c9-4-2-6-3(1-5(4)12)7(10)14-8(11)13-6/h1-2H. The quantitative estimate of drug-likeness (QED) is 0.527. The van der Waals surface area contributed by atoms with Crippen LogP contribution in [0.1, 0.15) is 0 Å². The summed E-state index contributed by atoms with van der Waals surface area (Å²) in [6.45, 7) is 0. The number of halogens is 4. The molecular weight excluding hydrogens is 249 g/mol. The van der Waals surface area contributed by atoms with Crippen molar-refractivity contribution in [2.45, 2.75) is 0 Å². The van der Waals surface area contributed by atoms with Gasteiger partial charge in [-0.3, -0.25) is 0 Å². The van der Waals surface area contributed by atoms with Crippen molar-refractivity contribution in [2.24, 2.45) is 0 Å². The van der Waals surface area contributed by atoms with Crippen molar-refractivity contribution < 1.29 is 4.39 Å². The van der Waals surface area contributed by atoms with E-state index in [1.54, 1.807) is 0 Å². The number of fused-ring (bicyclic) bond motifs is 1. The molecule has 0 aliphatic rings. The molecule has 0 fully saturated rings. The third-order valence-corrected chi connectivity index (χ3v) is 2.41. The van der Waals surface area contributed by atoms with Gasteiger partial charge in [-0.15, -0.1) is 0 Å². The maximum Gasteiger partial charge on any atom is 0.224 e. The number of benzene rings is 1. The molecule has 1 aromatic carbocycles. The van der Waals surface area contributed by atoms with E-state index in [1.807, 2.05) is 0 Å². The molecule has 2 nitrogen and oxygen atoms in total. The van der Waals surface area contributed by atoms with Crippen molar-refractivity contribution >= 4 is 45.7 Å². The highest BCUT2D eigenvalue weighted by Crippen LogP contribution is 2.26. The predicted molar refractivity (Wildman–Crippen MR) is 54.5 cm³/mol. The second kappa shape index (κ2) is 3.50. The first-order valence-electron chi connectivity index (χ1n) is 3.56. The molecule has 14 heavy (non-hydrogen) atoms. The molecule has 0 aliphatic carbocycles. The number of aromatic nitrogens is 2. The van der Waals surface area contributed by atoms with Crippen molar-refractivity contribution in [2.75, 3.05) is 0 Å². The second-order valence-corrected chi connectivity index (χ2v) is 3.67. The molecule has 0 aliphatic heterocycles. The fourth-order valence-corrected chi connectivity index (χ4v) is 1.67. The molecule has 72 valence electrons. The van der Waals surface area contributed by atoms with Crippen LogP contribution in [0.4, 0.5) is 4.39 Å². The third-order valence-electron chi connectivity index (χ3n) is 1.66. The lowest BCUT2D eigenvalue weighted by Gasteiger charge is -2.01. The third kappa shape index (κ3) is 1.63. The van der Waals surface area contributed by atoms with E-state index in [-0.39, 0.29) is 15.5 Å². The normalized spacial score (nSPS) is 10.9. The summed E-state index contributed by atoms with van der Waals surface area (Å²) in [4.78, 5) is 7.54. The van der Waals surface area contributed by atoms with Crippen molar-refractivity contribution in [1.82, 2.24) is 9.97 Å². The molecule has 0 amide bonds. The lowest BCUT2D eigenvalue weighted by Crippen LogP contribution is -1.88. The van der Waals surface area contributed by atoms with E-state index in [1.165, 1.54) is 12.1 Å². The Hall–Kier alpha value is -0.640. The zero-order valence-electron chi connectivity index (χ0n) is 6.56. The van der Waals surface area contributed by atoms with Crippen molar-refractivity contribution in [3.05, 3.63) is 33.4 Å². The monoisotopic (exact) mass is 250 g/mol. The highest BCUT2D eigenvalue weighted by Gasteiger charge is 2.08. The largest absolute Gasteiger partial charge is 0.224 e. The predicted octanol–water partition coefficient (Wildman–Crippen LogP) is 3.73. The molecule has 0 spiro atoms. The van der Waals surface area contributed by atoms with E-state index < -0.39 is 5.82 Å². The Kier molecular flexibility index (Phi) is 2.47. The molecule has 0 unspecified atom stereocenters. The van der Waals surface area contributed by atoms with Gasteiger partial charge in [0, 0.05) is 5.39 Å². The van der Waals surface area contributed by atoms with Crippen LogP contribution in [0.3, 0.4) is 0 Å². The second-order valence-electron chi connectivity index (χ2n) is 2.57. The maximum atomic E-state index is 13.1. The number of nitrogens with zero attached hydrogens (tertiary/aromatic N) is 2. The number of hydrogen-bond donors (Lipinski definition) is 0. The molecule has 0 saturated carbocycles. The summed E-state index contributed by atoms with van der Waals surface area (Å²) in [5, 5.41) is 0.474. The Morgan fingerprint density at radius 1 is 1.07 bits per heavy atom. The van der Waals surface area contributed by atoms with Crippen LogP contribution in [0.25, 0.3) is 10.9 Å². The molecule has 6 heteroatoms. The Labute approximate surface area is 93.6 Å².